The summed E-state index contributed by atoms with van der Waals surface area (Å²) >= 11 is 3.09. The molecule has 0 aliphatic rings. The van der Waals surface area contributed by atoms with E-state index in [0.29, 0.717) is 16.0 Å². The number of amides is 3. The molecular weight excluding hydrogens is 366 g/mol. The lowest BCUT2D eigenvalue weighted by atomic mass is 10.2. The first-order valence-electron chi connectivity index (χ1n) is 6.65. The zero-order chi connectivity index (χ0) is 16.8. The first kappa shape index (κ1) is 16.8. The van der Waals surface area contributed by atoms with E-state index in [2.05, 4.69) is 31.9 Å². The van der Waals surface area contributed by atoms with E-state index in [1.54, 1.807) is 30.3 Å². The molecule has 0 atom stereocenters. The highest BCUT2D eigenvalue weighted by Crippen LogP contribution is 2.15. The molecule has 0 aliphatic carbocycles. The van der Waals surface area contributed by atoms with Crippen molar-refractivity contribution >= 4 is 45.0 Å². The lowest BCUT2D eigenvalue weighted by molar-refractivity contribution is -0.115. The molecule has 3 N–H and O–H groups in total. The van der Waals surface area contributed by atoms with Crippen molar-refractivity contribution in [3.8, 4) is 0 Å². The number of carbonyl (C=O) groups is 3. The Morgan fingerprint density at radius 2 is 1.78 bits per heavy atom. The monoisotopic (exact) mass is 379 g/mol. The molecule has 3 amide bonds. The highest BCUT2D eigenvalue weighted by Gasteiger charge is 2.12. The van der Waals surface area contributed by atoms with Crippen molar-refractivity contribution < 1.29 is 18.8 Å². The minimum atomic E-state index is -0.488. The largest absolute Gasteiger partial charge is 0.444 e. The standard InChI is InChI=1S/C15H14BrN3O4/c1-9(20)18-10-3-2-4-11(7-10)19-14(21)8-17-15(22)12-5-6-13(16)23-12/h2-7H,8H2,1H3,(H,17,22)(H,18,20)(H,19,21). The summed E-state index contributed by atoms with van der Waals surface area (Å²) in [4.78, 5) is 34.6. The fraction of sp³-hybridized carbons (Fsp3) is 0.133. The van der Waals surface area contributed by atoms with Gasteiger partial charge in [-0.3, -0.25) is 14.4 Å². The number of carbonyl (C=O) groups excluding carboxylic acids is 3. The minimum Gasteiger partial charge on any atom is -0.444 e. The van der Waals surface area contributed by atoms with Gasteiger partial charge in [-0.15, -0.1) is 0 Å². The fourth-order valence-corrected chi connectivity index (χ4v) is 2.07. The zero-order valence-corrected chi connectivity index (χ0v) is 13.8. The van der Waals surface area contributed by atoms with Gasteiger partial charge in [0, 0.05) is 18.3 Å². The molecule has 2 rings (SSSR count). The molecule has 7 nitrogen and oxygen atoms in total. The molecular formula is C15H14BrN3O4. The molecule has 1 aromatic carbocycles. The van der Waals surface area contributed by atoms with Crippen molar-refractivity contribution in [2.24, 2.45) is 0 Å². The number of anilines is 2. The van der Waals surface area contributed by atoms with Crippen LogP contribution in [0, 0.1) is 0 Å². The number of hydrogen-bond donors (Lipinski definition) is 3. The first-order valence-corrected chi connectivity index (χ1v) is 7.44. The van der Waals surface area contributed by atoms with Crippen LogP contribution in [0.15, 0.2) is 45.5 Å². The van der Waals surface area contributed by atoms with E-state index in [0.717, 1.165) is 0 Å². The first-order chi connectivity index (χ1) is 10.9. The van der Waals surface area contributed by atoms with E-state index < -0.39 is 11.8 Å². The van der Waals surface area contributed by atoms with Gasteiger partial charge in [-0.1, -0.05) is 6.07 Å². The van der Waals surface area contributed by atoms with Gasteiger partial charge in [0.05, 0.1) is 6.54 Å². The molecule has 23 heavy (non-hydrogen) atoms. The third-order valence-electron chi connectivity index (χ3n) is 2.67. The summed E-state index contributed by atoms with van der Waals surface area (Å²) in [5.74, 6) is -0.982. The quantitative estimate of drug-likeness (QED) is 0.742. The van der Waals surface area contributed by atoms with E-state index in [1.165, 1.54) is 13.0 Å². The van der Waals surface area contributed by atoms with Gasteiger partial charge in [0.2, 0.25) is 11.8 Å². The Morgan fingerprint density at radius 1 is 1.09 bits per heavy atom. The Bertz CT molecular complexity index is 742. The lowest BCUT2D eigenvalue weighted by Crippen LogP contribution is -2.32. The molecule has 0 saturated carbocycles. The molecule has 0 saturated heterocycles. The molecule has 1 heterocycles. The predicted molar refractivity (Wildman–Crippen MR) is 88.1 cm³/mol. The van der Waals surface area contributed by atoms with Gasteiger partial charge >= 0.3 is 0 Å². The van der Waals surface area contributed by atoms with Crippen LogP contribution in [0.4, 0.5) is 11.4 Å². The van der Waals surface area contributed by atoms with Crippen molar-refractivity contribution in [2.75, 3.05) is 17.2 Å². The Kier molecular flexibility index (Phi) is 5.53. The second kappa shape index (κ2) is 7.59. The summed E-state index contributed by atoms with van der Waals surface area (Å²) in [6, 6.07) is 9.77. The Labute approximate surface area is 140 Å². The van der Waals surface area contributed by atoms with Crippen LogP contribution in [0.3, 0.4) is 0 Å². The zero-order valence-electron chi connectivity index (χ0n) is 12.2. The average Bonchev–Trinajstić information content (AvgIpc) is 2.91. The number of hydrogen-bond acceptors (Lipinski definition) is 4. The summed E-state index contributed by atoms with van der Waals surface area (Å²) in [5.41, 5.74) is 1.08. The van der Waals surface area contributed by atoms with Crippen molar-refractivity contribution in [2.45, 2.75) is 6.92 Å². The molecule has 1 aromatic heterocycles. The van der Waals surface area contributed by atoms with Crippen molar-refractivity contribution in [3.63, 3.8) is 0 Å². The smallest absolute Gasteiger partial charge is 0.287 e. The molecule has 0 fully saturated rings. The maximum Gasteiger partial charge on any atom is 0.287 e. The van der Waals surface area contributed by atoms with Gasteiger partial charge < -0.3 is 20.4 Å². The lowest BCUT2D eigenvalue weighted by Gasteiger charge is -2.08. The van der Waals surface area contributed by atoms with Crippen molar-refractivity contribution in [1.82, 2.24) is 5.32 Å². The van der Waals surface area contributed by atoms with Gasteiger partial charge in [-0.25, -0.2) is 0 Å². The molecule has 0 radical (unpaired) electrons. The Morgan fingerprint density at radius 3 is 2.39 bits per heavy atom. The second-order valence-electron chi connectivity index (χ2n) is 4.60. The normalized spacial score (nSPS) is 10.0. The predicted octanol–water partition coefficient (Wildman–Crippen LogP) is 2.37. The topological polar surface area (TPSA) is 100 Å². The molecule has 0 bridgehead atoms. The third kappa shape index (κ3) is 5.26. The summed E-state index contributed by atoms with van der Waals surface area (Å²) < 4.78 is 5.51. The number of benzene rings is 1. The van der Waals surface area contributed by atoms with Crippen LogP contribution < -0.4 is 16.0 Å². The van der Waals surface area contributed by atoms with E-state index in [9.17, 15) is 14.4 Å². The van der Waals surface area contributed by atoms with Gasteiger partial charge in [-0.2, -0.15) is 0 Å². The van der Waals surface area contributed by atoms with Gasteiger partial charge in [0.25, 0.3) is 5.91 Å². The van der Waals surface area contributed by atoms with E-state index in [1.807, 2.05) is 0 Å². The van der Waals surface area contributed by atoms with E-state index in [4.69, 9.17) is 4.42 Å². The summed E-state index contributed by atoms with van der Waals surface area (Å²) in [6.07, 6.45) is 0. The Balaban J connectivity index is 1.87. The van der Waals surface area contributed by atoms with Crippen molar-refractivity contribution in [1.29, 1.82) is 0 Å². The second-order valence-corrected chi connectivity index (χ2v) is 5.38. The summed E-state index contributed by atoms with van der Waals surface area (Å²) in [5, 5.41) is 7.68. The van der Waals surface area contributed by atoms with Gasteiger partial charge in [0.1, 0.15) is 0 Å². The summed E-state index contributed by atoms with van der Waals surface area (Å²) in [7, 11) is 0. The van der Waals surface area contributed by atoms with E-state index >= 15 is 0 Å². The number of rotatable bonds is 5. The minimum absolute atomic E-state index is 0.109. The number of halogens is 1. The average molecular weight is 380 g/mol. The van der Waals surface area contributed by atoms with E-state index in [-0.39, 0.29) is 18.2 Å². The van der Waals surface area contributed by atoms with Gasteiger partial charge in [-0.05, 0) is 46.3 Å². The molecule has 0 aliphatic heterocycles. The van der Waals surface area contributed by atoms with Crippen LogP contribution in [0.5, 0.6) is 0 Å². The molecule has 0 spiro atoms. The van der Waals surface area contributed by atoms with Crippen LogP contribution >= 0.6 is 15.9 Å². The Hall–Kier alpha value is -2.61. The number of nitrogens with one attached hydrogen (secondary N) is 3. The van der Waals surface area contributed by atoms with Crippen LogP contribution in [0.25, 0.3) is 0 Å². The fourth-order valence-electron chi connectivity index (χ4n) is 1.77. The summed E-state index contributed by atoms with van der Waals surface area (Å²) in [6.45, 7) is 1.19. The molecule has 2 aromatic rings. The number of furan rings is 1. The van der Waals surface area contributed by atoms with Crippen molar-refractivity contribution in [3.05, 3.63) is 46.8 Å². The molecule has 120 valence electrons. The van der Waals surface area contributed by atoms with Crippen LogP contribution in [-0.4, -0.2) is 24.3 Å². The molecule has 8 heteroatoms. The third-order valence-corrected chi connectivity index (χ3v) is 3.10. The maximum atomic E-state index is 11.8. The van der Waals surface area contributed by atoms with Crippen LogP contribution in [0.1, 0.15) is 17.5 Å². The van der Waals surface area contributed by atoms with Gasteiger partial charge in [0.15, 0.2) is 10.4 Å². The molecule has 0 unspecified atom stereocenters. The van der Waals surface area contributed by atoms with Crippen LogP contribution in [0.2, 0.25) is 0 Å². The highest BCUT2D eigenvalue weighted by molar-refractivity contribution is 9.10. The maximum absolute atomic E-state index is 11.8. The van der Waals surface area contributed by atoms with Crippen LogP contribution in [-0.2, 0) is 9.59 Å². The SMILES string of the molecule is CC(=O)Nc1cccc(NC(=O)CNC(=O)c2ccc(Br)o2)c1. The highest BCUT2D eigenvalue weighted by atomic mass is 79.9.